The lowest BCUT2D eigenvalue weighted by Gasteiger charge is -2.25. The van der Waals surface area contributed by atoms with Gasteiger partial charge in [0.2, 0.25) is 0 Å². The summed E-state index contributed by atoms with van der Waals surface area (Å²) < 4.78 is 8.05. The van der Waals surface area contributed by atoms with Gasteiger partial charge in [-0.3, -0.25) is 0 Å². The molecule has 5 nitrogen and oxygen atoms in total. The third-order valence-corrected chi connectivity index (χ3v) is 5.74. The number of aliphatic hydroxyl groups excluding tert-OH is 1. The fourth-order valence-electron chi connectivity index (χ4n) is 4.05. The van der Waals surface area contributed by atoms with Crippen LogP contribution in [0.15, 0.2) is 73.1 Å². The highest BCUT2D eigenvalue weighted by molar-refractivity contribution is 5.95. The largest absolute Gasteiger partial charge is 0.364 e. The van der Waals surface area contributed by atoms with Gasteiger partial charge in [0.15, 0.2) is 6.29 Å². The molecule has 4 aromatic rings. The standard InChI is InChI=1S/C27H29N3O2/c1-27(2,3)32-26(31)22-16-19(18-12-13-18)17-28-25(22)29-23-10-7-11-24-21(23)14-15-30(24)20-8-5-4-6-9-20/h4-11,14-18,26,31H,12-13H2,1-3H3,(H,28,29). The van der Waals surface area contributed by atoms with Crippen LogP contribution in [0.2, 0.25) is 0 Å². The highest BCUT2D eigenvalue weighted by Gasteiger charge is 2.27. The van der Waals surface area contributed by atoms with Crippen LogP contribution in [-0.2, 0) is 4.74 Å². The van der Waals surface area contributed by atoms with E-state index in [0.717, 1.165) is 27.8 Å². The van der Waals surface area contributed by atoms with E-state index in [1.165, 1.54) is 12.8 Å². The monoisotopic (exact) mass is 427 g/mol. The van der Waals surface area contributed by atoms with Crippen LogP contribution in [0.4, 0.5) is 11.5 Å². The maximum Gasteiger partial charge on any atom is 0.185 e. The Morgan fingerprint density at radius 3 is 2.56 bits per heavy atom. The summed E-state index contributed by atoms with van der Waals surface area (Å²) in [6, 6.07) is 20.6. The van der Waals surface area contributed by atoms with Gasteiger partial charge in [-0.2, -0.15) is 0 Å². The molecule has 0 bridgehead atoms. The lowest BCUT2D eigenvalue weighted by Crippen LogP contribution is -2.23. The number of benzene rings is 2. The second-order valence-corrected chi connectivity index (χ2v) is 9.45. The predicted octanol–water partition coefficient (Wildman–Crippen LogP) is 6.45. The summed E-state index contributed by atoms with van der Waals surface area (Å²) in [4.78, 5) is 4.70. The van der Waals surface area contributed by atoms with E-state index >= 15 is 0 Å². The molecule has 1 aliphatic rings. The molecular weight excluding hydrogens is 398 g/mol. The van der Waals surface area contributed by atoms with E-state index in [1.807, 2.05) is 63.4 Å². The molecule has 1 fully saturated rings. The maximum atomic E-state index is 10.9. The second kappa shape index (κ2) is 8.08. The first-order valence-electron chi connectivity index (χ1n) is 11.2. The van der Waals surface area contributed by atoms with Crippen molar-refractivity contribution in [2.45, 2.75) is 51.4 Å². The fourth-order valence-corrected chi connectivity index (χ4v) is 4.05. The Kier molecular flexibility index (Phi) is 5.24. The van der Waals surface area contributed by atoms with Gasteiger partial charge in [-0.15, -0.1) is 0 Å². The van der Waals surface area contributed by atoms with E-state index < -0.39 is 11.9 Å². The molecule has 2 aromatic heterocycles. The Bertz CT molecular complexity index is 1240. The molecule has 5 heteroatoms. The minimum atomic E-state index is -1.06. The van der Waals surface area contributed by atoms with Crippen molar-refractivity contribution in [2.24, 2.45) is 0 Å². The van der Waals surface area contributed by atoms with Crippen LogP contribution in [0.3, 0.4) is 0 Å². The SMILES string of the molecule is CC(C)(C)OC(O)c1cc(C2CC2)cnc1Nc1cccc2c1ccn2-c1ccccc1. The molecule has 2 N–H and O–H groups in total. The van der Waals surface area contributed by atoms with Gasteiger partial charge >= 0.3 is 0 Å². The number of nitrogens with one attached hydrogen (secondary N) is 1. The van der Waals surface area contributed by atoms with Gasteiger partial charge in [0.05, 0.1) is 16.7 Å². The topological polar surface area (TPSA) is 59.3 Å². The van der Waals surface area contributed by atoms with Gasteiger partial charge in [-0.05, 0) is 81.5 Å². The number of hydrogen-bond donors (Lipinski definition) is 2. The van der Waals surface area contributed by atoms with Gasteiger partial charge in [-0.1, -0.05) is 24.3 Å². The summed E-state index contributed by atoms with van der Waals surface area (Å²) in [7, 11) is 0. The van der Waals surface area contributed by atoms with Crippen LogP contribution in [0.5, 0.6) is 0 Å². The van der Waals surface area contributed by atoms with Crippen molar-refractivity contribution in [1.29, 1.82) is 0 Å². The number of pyridine rings is 1. The number of hydrogen-bond acceptors (Lipinski definition) is 4. The lowest BCUT2D eigenvalue weighted by atomic mass is 10.1. The van der Waals surface area contributed by atoms with Gasteiger partial charge in [0, 0.05) is 29.2 Å². The molecule has 2 heterocycles. The summed E-state index contributed by atoms with van der Waals surface area (Å²) in [5.41, 5.74) is 4.51. The quantitative estimate of drug-likeness (QED) is 0.347. The summed E-state index contributed by atoms with van der Waals surface area (Å²) in [6.45, 7) is 5.82. The smallest absolute Gasteiger partial charge is 0.185 e. The van der Waals surface area contributed by atoms with E-state index in [2.05, 4.69) is 40.3 Å². The van der Waals surface area contributed by atoms with Crippen LogP contribution in [0, 0.1) is 0 Å². The minimum Gasteiger partial charge on any atom is -0.364 e. The Labute approximate surface area is 188 Å². The third-order valence-electron chi connectivity index (χ3n) is 5.74. The van der Waals surface area contributed by atoms with E-state index in [4.69, 9.17) is 9.72 Å². The number of nitrogens with zero attached hydrogens (tertiary/aromatic N) is 2. The molecule has 0 radical (unpaired) electrons. The average Bonchev–Trinajstić information content (AvgIpc) is 3.52. The minimum absolute atomic E-state index is 0.473. The van der Waals surface area contributed by atoms with Crippen LogP contribution in [0.1, 0.15) is 56.9 Å². The van der Waals surface area contributed by atoms with Crippen molar-refractivity contribution < 1.29 is 9.84 Å². The number of anilines is 2. The Morgan fingerprint density at radius 1 is 1.06 bits per heavy atom. The van der Waals surface area contributed by atoms with E-state index in [-0.39, 0.29) is 0 Å². The average molecular weight is 428 g/mol. The van der Waals surface area contributed by atoms with Crippen LogP contribution < -0.4 is 5.32 Å². The zero-order valence-electron chi connectivity index (χ0n) is 18.7. The van der Waals surface area contributed by atoms with Crippen molar-refractivity contribution in [3.05, 3.63) is 84.2 Å². The predicted molar refractivity (Wildman–Crippen MR) is 129 cm³/mol. The molecule has 0 aliphatic heterocycles. The first kappa shape index (κ1) is 20.7. The highest BCUT2D eigenvalue weighted by Crippen LogP contribution is 2.42. The molecule has 32 heavy (non-hydrogen) atoms. The number of aromatic nitrogens is 2. The van der Waals surface area contributed by atoms with E-state index in [0.29, 0.717) is 17.3 Å². The lowest BCUT2D eigenvalue weighted by molar-refractivity contribution is -0.169. The second-order valence-electron chi connectivity index (χ2n) is 9.45. The van der Waals surface area contributed by atoms with Gasteiger partial charge < -0.3 is 19.7 Å². The van der Waals surface area contributed by atoms with E-state index in [9.17, 15) is 5.11 Å². The Morgan fingerprint density at radius 2 is 1.84 bits per heavy atom. The third kappa shape index (κ3) is 4.27. The van der Waals surface area contributed by atoms with Crippen LogP contribution in [0.25, 0.3) is 16.6 Å². The molecule has 1 atom stereocenters. The number of ether oxygens (including phenoxy) is 1. The number of aliphatic hydroxyl groups is 1. The summed E-state index contributed by atoms with van der Waals surface area (Å²) in [6.07, 6.45) is 5.29. The molecule has 0 saturated heterocycles. The molecule has 164 valence electrons. The molecule has 0 spiro atoms. The highest BCUT2D eigenvalue weighted by atomic mass is 16.6. The van der Waals surface area contributed by atoms with Crippen molar-refractivity contribution in [2.75, 3.05) is 5.32 Å². The zero-order valence-corrected chi connectivity index (χ0v) is 18.7. The Hall–Kier alpha value is -3.15. The van der Waals surface area contributed by atoms with Crippen molar-refractivity contribution in [3.63, 3.8) is 0 Å². The molecular formula is C27H29N3O2. The van der Waals surface area contributed by atoms with Crippen LogP contribution in [-0.4, -0.2) is 20.3 Å². The summed E-state index contributed by atoms with van der Waals surface area (Å²) >= 11 is 0. The summed E-state index contributed by atoms with van der Waals surface area (Å²) in [5.74, 6) is 1.16. The van der Waals surface area contributed by atoms with E-state index in [1.54, 1.807) is 0 Å². The first-order valence-corrected chi connectivity index (χ1v) is 11.2. The Balaban J connectivity index is 1.53. The zero-order chi connectivity index (χ0) is 22.3. The van der Waals surface area contributed by atoms with Crippen molar-refractivity contribution in [3.8, 4) is 5.69 Å². The van der Waals surface area contributed by atoms with Gasteiger partial charge in [-0.25, -0.2) is 4.98 Å². The molecule has 1 aliphatic carbocycles. The molecule has 2 aromatic carbocycles. The van der Waals surface area contributed by atoms with Crippen molar-refractivity contribution in [1.82, 2.24) is 9.55 Å². The molecule has 0 amide bonds. The fraction of sp³-hybridized carbons (Fsp3) is 0.296. The molecule has 5 rings (SSSR count). The summed E-state index contributed by atoms with van der Waals surface area (Å²) in [5, 5.41) is 15.5. The molecule has 1 unspecified atom stereocenters. The maximum absolute atomic E-state index is 10.9. The molecule has 1 saturated carbocycles. The van der Waals surface area contributed by atoms with Crippen LogP contribution >= 0.6 is 0 Å². The number of para-hydroxylation sites is 1. The first-order chi connectivity index (χ1) is 15.4. The van der Waals surface area contributed by atoms with Gasteiger partial charge in [0.1, 0.15) is 5.82 Å². The number of rotatable bonds is 6. The normalized spacial score (nSPS) is 15.1. The van der Waals surface area contributed by atoms with Crippen molar-refractivity contribution >= 4 is 22.4 Å². The number of fused-ring (bicyclic) bond motifs is 1. The van der Waals surface area contributed by atoms with Gasteiger partial charge in [0.25, 0.3) is 0 Å².